The average Bonchev–Trinajstić information content (AvgIpc) is 2.59. The van der Waals surface area contributed by atoms with Crippen molar-refractivity contribution in [3.63, 3.8) is 0 Å². The number of nitrogens with one attached hydrogen (secondary N) is 1. The molecule has 0 saturated heterocycles. The van der Waals surface area contributed by atoms with Crippen LogP contribution in [0.5, 0.6) is 17.2 Å². The van der Waals surface area contributed by atoms with E-state index in [2.05, 4.69) is 5.32 Å². The van der Waals surface area contributed by atoms with Gasteiger partial charge in [-0.25, -0.2) is 4.39 Å². The number of hydrogen-bond acceptors (Lipinski definition) is 4. The summed E-state index contributed by atoms with van der Waals surface area (Å²) in [5.41, 5.74) is 1.83. The molecule has 0 aliphatic heterocycles. The first-order valence-corrected chi connectivity index (χ1v) is 7.36. The Morgan fingerprint density at radius 2 is 1.57 bits per heavy atom. The smallest absolute Gasteiger partial charge is 0.161 e. The summed E-state index contributed by atoms with van der Waals surface area (Å²) in [6.07, 6.45) is 0. The lowest BCUT2D eigenvalue weighted by molar-refractivity contribution is 0.354. The van der Waals surface area contributed by atoms with Gasteiger partial charge in [0.05, 0.1) is 21.3 Å². The molecule has 2 aromatic carbocycles. The molecule has 0 aliphatic carbocycles. The molecule has 5 heteroatoms. The van der Waals surface area contributed by atoms with Gasteiger partial charge in [0, 0.05) is 18.2 Å². The van der Waals surface area contributed by atoms with Crippen LogP contribution in [0, 0.1) is 5.82 Å². The van der Waals surface area contributed by atoms with Gasteiger partial charge in [0.1, 0.15) is 11.6 Å². The highest BCUT2D eigenvalue weighted by Crippen LogP contribution is 2.29. The number of halogens is 1. The Hall–Kier alpha value is -2.27. The summed E-state index contributed by atoms with van der Waals surface area (Å²) in [6.45, 7) is 2.58. The summed E-state index contributed by atoms with van der Waals surface area (Å²) < 4.78 is 29.3. The van der Waals surface area contributed by atoms with Crippen molar-refractivity contribution < 1.29 is 18.6 Å². The summed E-state index contributed by atoms with van der Waals surface area (Å²) in [7, 11) is 4.79. The number of benzene rings is 2. The van der Waals surface area contributed by atoms with E-state index in [1.165, 1.54) is 12.1 Å². The van der Waals surface area contributed by atoms with E-state index >= 15 is 0 Å². The lowest BCUT2D eigenvalue weighted by atomic mass is 10.1. The molecule has 0 bridgehead atoms. The number of rotatable bonds is 7. The normalized spacial score (nSPS) is 11.9. The van der Waals surface area contributed by atoms with Crippen molar-refractivity contribution in [1.82, 2.24) is 5.32 Å². The van der Waals surface area contributed by atoms with Gasteiger partial charge in [-0.3, -0.25) is 0 Å². The fraction of sp³-hybridized carbons (Fsp3) is 0.333. The first-order valence-electron chi connectivity index (χ1n) is 7.36. The second-order valence-corrected chi connectivity index (χ2v) is 5.18. The zero-order valence-electron chi connectivity index (χ0n) is 13.9. The first-order chi connectivity index (χ1) is 11.1. The van der Waals surface area contributed by atoms with Gasteiger partial charge in [0.15, 0.2) is 11.5 Å². The maximum Gasteiger partial charge on any atom is 0.161 e. The third kappa shape index (κ3) is 4.13. The van der Waals surface area contributed by atoms with E-state index in [9.17, 15) is 4.39 Å². The third-order valence-electron chi connectivity index (χ3n) is 3.72. The SMILES string of the molecule is COc1ccc(CNC(C)c2cc(F)ccc2OC)cc1OC. The zero-order chi connectivity index (χ0) is 16.8. The molecular formula is C18H22FNO3. The Morgan fingerprint density at radius 1 is 0.913 bits per heavy atom. The molecule has 1 unspecified atom stereocenters. The zero-order valence-corrected chi connectivity index (χ0v) is 13.9. The van der Waals surface area contributed by atoms with Crippen LogP contribution in [-0.2, 0) is 6.54 Å². The average molecular weight is 319 g/mol. The quantitative estimate of drug-likeness (QED) is 0.844. The summed E-state index contributed by atoms with van der Waals surface area (Å²) in [5.74, 6) is 1.76. The second kappa shape index (κ2) is 7.83. The van der Waals surface area contributed by atoms with Crippen molar-refractivity contribution in [1.29, 1.82) is 0 Å². The maximum absolute atomic E-state index is 13.5. The van der Waals surface area contributed by atoms with Crippen LogP contribution in [-0.4, -0.2) is 21.3 Å². The van der Waals surface area contributed by atoms with E-state index in [0.29, 0.717) is 23.8 Å². The molecule has 124 valence electrons. The Bertz CT molecular complexity index is 661. The minimum Gasteiger partial charge on any atom is -0.496 e. The fourth-order valence-corrected chi connectivity index (χ4v) is 2.42. The van der Waals surface area contributed by atoms with Crippen LogP contribution in [0.15, 0.2) is 36.4 Å². The molecule has 0 fully saturated rings. The van der Waals surface area contributed by atoms with Gasteiger partial charge in [-0.05, 0) is 42.8 Å². The van der Waals surface area contributed by atoms with E-state index in [4.69, 9.17) is 14.2 Å². The predicted octanol–water partition coefficient (Wildman–Crippen LogP) is 3.70. The van der Waals surface area contributed by atoms with Gasteiger partial charge in [0.25, 0.3) is 0 Å². The van der Waals surface area contributed by atoms with Crippen molar-refractivity contribution in [3.05, 3.63) is 53.3 Å². The molecule has 0 amide bonds. The Morgan fingerprint density at radius 3 is 2.22 bits per heavy atom. The Kier molecular flexibility index (Phi) is 5.82. The molecular weight excluding hydrogens is 297 g/mol. The summed E-state index contributed by atoms with van der Waals surface area (Å²) in [5, 5.41) is 3.36. The summed E-state index contributed by atoms with van der Waals surface area (Å²) >= 11 is 0. The van der Waals surface area contributed by atoms with Gasteiger partial charge in [0.2, 0.25) is 0 Å². The fourth-order valence-electron chi connectivity index (χ4n) is 2.42. The van der Waals surface area contributed by atoms with Gasteiger partial charge in [-0.1, -0.05) is 6.07 Å². The van der Waals surface area contributed by atoms with Crippen LogP contribution >= 0.6 is 0 Å². The third-order valence-corrected chi connectivity index (χ3v) is 3.72. The minimum atomic E-state index is -0.277. The highest BCUT2D eigenvalue weighted by molar-refractivity contribution is 5.43. The van der Waals surface area contributed by atoms with Crippen LogP contribution in [0.25, 0.3) is 0 Å². The Labute approximate surface area is 136 Å². The molecule has 4 nitrogen and oxygen atoms in total. The molecule has 0 heterocycles. The van der Waals surface area contributed by atoms with E-state index in [1.54, 1.807) is 27.4 Å². The lowest BCUT2D eigenvalue weighted by Crippen LogP contribution is -2.19. The van der Waals surface area contributed by atoms with Crippen molar-refractivity contribution in [3.8, 4) is 17.2 Å². The summed E-state index contributed by atoms with van der Waals surface area (Å²) in [6, 6.07) is 10.2. The highest BCUT2D eigenvalue weighted by atomic mass is 19.1. The number of hydrogen-bond donors (Lipinski definition) is 1. The Balaban J connectivity index is 2.10. The standard InChI is InChI=1S/C18H22FNO3/c1-12(15-10-14(19)6-8-16(15)21-2)20-11-13-5-7-17(22-3)18(9-13)23-4/h5-10,12,20H,11H2,1-4H3. The van der Waals surface area contributed by atoms with E-state index in [-0.39, 0.29) is 11.9 Å². The lowest BCUT2D eigenvalue weighted by Gasteiger charge is -2.18. The van der Waals surface area contributed by atoms with Crippen molar-refractivity contribution >= 4 is 0 Å². The van der Waals surface area contributed by atoms with E-state index < -0.39 is 0 Å². The molecule has 23 heavy (non-hydrogen) atoms. The maximum atomic E-state index is 13.5. The van der Waals surface area contributed by atoms with Crippen molar-refractivity contribution in [2.75, 3.05) is 21.3 Å². The molecule has 0 aromatic heterocycles. The number of ether oxygens (including phenoxy) is 3. The molecule has 2 rings (SSSR count). The molecule has 0 saturated carbocycles. The van der Waals surface area contributed by atoms with Crippen molar-refractivity contribution in [2.24, 2.45) is 0 Å². The van der Waals surface area contributed by atoms with Crippen LogP contribution in [0.1, 0.15) is 24.1 Å². The monoisotopic (exact) mass is 319 g/mol. The molecule has 0 radical (unpaired) electrons. The van der Waals surface area contributed by atoms with Gasteiger partial charge in [-0.2, -0.15) is 0 Å². The summed E-state index contributed by atoms with van der Waals surface area (Å²) in [4.78, 5) is 0. The van der Waals surface area contributed by atoms with Gasteiger partial charge >= 0.3 is 0 Å². The molecule has 2 aromatic rings. The molecule has 1 atom stereocenters. The van der Waals surface area contributed by atoms with Crippen LogP contribution in [0.2, 0.25) is 0 Å². The van der Waals surface area contributed by atoms with E-state index in [1.807, 2.05) is 25.1 Å². The van der Waals surface area contributed by atoms with Crippen LogP contribution in [0.3, 0.4) is 0 Å². The van der Waals surface area contributed by atoms with Crippen LogP contribution in [0.4, 0.5) is 4.39 Å². The molecule has 1 N–H and O–H groups in total. The van der Waals surface area contributed by atoms with Gasteiger partial charge < -0.3 is 19.5 Å². The van der Waals surface area contributed by atoms with Gasteiger partial charge in [-0.15, -0.1) is 0 Å². The molecule has 0 spiro atoms. The topological polar surface area (TPSA) is 39.7 Å². The second-order valence-electron chi connectivity index (χ2n) is 5.18. The highest BCUT2D eigenvalue weighted by Gasteiger charge is 2.13. The number of methoxy groups -OCH3 is 3. The predicted molar refractivity (Wildman–Crippen MR) is 87.8 cm³/mol. The molecule has 0 aliphatic rings. The van der Waals surface area contributed by atoms with Crippen molar-refractivity contribution in [2.45, 2.75) is 19.5 Å². The van der Waals surface area contributed by atoms with E-state index in [0.717, 1.165) is 11.1 Å². The van der Waals surface area contributed by atoms with Crippen LogP contribution < -0.4 is 19.5 Å². The first kappa shape index (κ1) is 17.1. The minimum absolute atomic E-state index is 0.0613. The largest absolute Gasteiger partial charge is 0.496 e.